The first-order valence-corrected chi connectivity index (χ1v) is 8.72. The second-order valence-electron chi connectivity index (χ2n) is 6.58. The van der Waals surface area contributed by atoms with Gasteiger partial charge in [0.15, 0.2) is 11.6 Å². The van der Waals surface area contributed by atoms with Crippen molar-refractivity contribution < 1.29 is 13.6 Å². The lowest BCUT2D eigenvalue weighted by molar-refractivity contribution is -0.120. The van der Waals surface area contributed by atoms with Gasteiger partial charge in [0.2, 0.25) is 5.91 Å². The van der Waals surface area contributed by atoms with Crippen LogP contribution >= 0.6 is 0 Å². The molecule has 1 N–H and O–H groups in total. The standard InChI is InChI=1S/C20H15F2N5O/c21-16-10-12(1-2-15(16)11-23)9-14-5-8-27(20(14)28)19-17(22)18(25-26-19)13-3-6-24-7-4-13/h1-4,6-7,10,14H,5,8-9H2,(H,25,26)/t14-/m1/s1. The van der Waals surface area contributed by atoms with Crippen LogP contribution in [0, 0.1) is 28.9 Å². The lowest BCUT2D eigenvalue weighted by Crippen LogP contribution is -2.28. The van der Waals surface area contributed by atoms with Gasteiger partial charge in [-0.1, -0.05) is 6.07 Å². The number of aromatic nitrogens is 3. The number of carbonyl (C=O) groups excluding carboxylic acids is 1. The van der Waals surface area contributed by atoms with Crippen molar-refractivity contribution in [3.8, 4) is 17.3 Å². The van der Waals surface area contributed by atoms with E-state index in [1.54, 1.807) is 36.7 Å². The van der Waals surface area contributed by atoms with Crippen molar-refractivity contribution in [3.63, 3.8) is 0 Å². The van der Waals surface area contributed by atoms with Gasteiger partial charge in [0.1, 0.15) is 17.6 Å². The lowest BCUT2D eigenvalue weighted by atomic mass is 9.97. The van der Waals surface area contributed by atoms with E-state index in [1.165, 1.54) is 17.0 Å². The van der Waals surface area contributed by atoms with Crippen LogP contribution in [-0.4, -0.2) is 27.6 Å². The SMILES string of the molecule is N#Cc1ccc(C[C@H]2CCN(c3n[nH]c(-c4ccncc4)c3F)C2=O)cc1F. The van der Waals surface area contributed by atoms with Gasteiger partial charge in [-0.3, -0.25) is 19.8 Å². The van der Waals surface area contributed by atoms with Crippen LogP contribution in [0.5, 0.6) is 0 Å². The average Bonchev–Trinajstić information content (AvgIpc) is 3.25. The molecule has 0 spiro atoms. The summed E-state index contributed by atoms with van der Waals surface area (Å²) in [6.45, 7) is 0.333. The first-order valence-electron chi connectivity index (χ1n) is 8.72. The molecule has 4 rings (SSSR count). The predicted molar refractivity (Wildman–Crippen MR) is 97.1 cm³/mol. The molecule has 2 aromatic heterocycles. The van der Waals surface area contributed by atoms with Crippen LogP contribution in [0.4, 0.5) is 14.6 Å². The quantitative estimate of drug-likeness (QED) is 0.754. The van der Waals surface area contributed by atoms with Gasteiger partial charge in [-0.05, 0) is 42.7 Å². The van der Waals surface area contributed by atoms with Gasteiger partial charge in [-0.25, -0.2) is 8.78 Å². The molecule has 3 heterocycles. The van der Waals surface area contributed by atoms with Crippen LogP contribution in [0.25, 0.3) is 11.3 Å². The van der Waals surface area contributed by atoms with Crippen LogP contribution in [-0.2, 0) is 11.2 Å². The number of benzene rings is 1. The number of nitrogens with one attached hydrogen (secondary N) is 1. The van der Waals surface area contributed by atoms with Crippen LogP contribution < -0.4 is 4.90 Å². The predicted octanol–water partition coefficient (Wildman–Crippen LogP) is 3.22. The number of H-pyrrole nitrogens is 1. The highest BCUT2D eigenvalue weighted by molar-refractivity contribution is 5.97. The summed E-state index contributed by atoms with van der Waals surface area (Å²) < 4.78 is 28.6. The Kier molecular flexibility index (Phi) is 4.57. The summed E-state index contributed by atoms with van der Waals surface area (Å²) in [5.74, 6) is -1.89. The average molecular weight is 379 g/mol. The smallest absolute Gasteiger partial charge is 0.231 e. The number of carbonyl (C=O) groups is 1. The van der Waals surface area contributed by atoms with E-state index < -0.39 is 17.6 Å². The zero-order valence-electron chi connectivity index (χ0n) is 14.7. The number of aromatic amines is 1. The number of pyridine rings is 1. The van der Waals surface area contributed by atoms with Gasteiger partial charge < -0.3 is 0 Å². The van der Waals surface area contributed by atoms with E-state index in [4.69, 9.17) is 5.26 Å². The van der Waals surface area contributed by atoms with Crippen LogP contribution in [0.1, 0.15) is 17.5 Å². The zero-order valence-corrected chi connectivity index (χ0v) is 14.7. The summed E-state index contributed by atoms with van der Waals surface area (Å²) >= 11 is 0. The summed E-state index contributed by atoms with van der Waals surface area (Å²) in [4.78, 5) is 18.0. The Bertz CT molecular complexity index is 1070. The summed E-state index contributed by atoms with van der Waals surface area (Å²) in [5, 5.41) is 15.4. The van der Waals surface area contributed by atoms with Gasteiger partial charge in [-0.15, -0.1) is 0 Å². The fourth-order valence-corrected chi connectivity index (χ4v) is 3.41. The number of amides is 1. The van der Waals surface area contributed by atoms with Crippen molar-refractivity contribution in [2.75, 3.05) is 11.4 Å². The molecule has 1 fully saturated rings. The minimum atomic E-state index is -0.609. The largest absolute Gasteiger partial charge is 0.293 e. The fourth-order valence-electron chi connectivity index (χ4n) is 3.41. The maximum absolute atomic E-state index is 14.8. The van der Waals surface area contributed by atoms with E-state index in [1.807, 2.05) is 0 Å². The van der Waals surface area contributed by atoms with Gasteiger partial charge in [0.25, 0.3) is 0 Å². The highest BCUT2D eigenvalue weighted by Gasteiger charge is 2.36. The molecule has 6 nitrogen and oxygen atoms in total. The van der Waals surface area contributed by atoms with Crippen molar-refractivity contribution in [1.29, 1.82) is 5.26 Å². The lowest BCUT2D eigenvalue weighted by Gasteiger charge is -2.14. The van der Waals surface area contributed by atoms with Crippen LogP contribution in [0.2, 0.25) is 0 Å². The van der Waals surface area contributed by atoms with E-state index in [0.29, 0.717) is 30.5 Å². The van der Waals surface area contributed by atoms with E-state index in [9.17, 15) is 13.6 Å². The van der Waals surface area contributed by atoms with Crippen molar-refractivity contribution in [1.82, 2.24) is 15.2 Å². The third-order valence-electron chi connectivity index (χ3n) is 4.87. The molecule has 0 radical (unpaired) electrons. The number of nitriles is 1. The van der Waals surface area contributed by atoms with Crippen LogP contribution in [0.15, 0.2) is 42.7 Å². The molecule has 1 amide bonds. The molecule has 1 saturated heterocycles. The number of hydrogen-bond donors (Lipinski definition) is 1. The van der Waals surface area contributed by atoms with E-state index in [2.05, 4.69) is 15.2 Å². The second kappa shape index (κ2) is 7.19. The van der Waals surface area contributed by atoms with Crippen molar-refractivity contribution in [2.45, 2.75) is 12.8 Å². The number of rotatable bonds is 4. The normalized spacial score (nSPS) is 16.4. The second-order valence-corrected chi connectivity index (χ2v) is 6.58. The number of halogens is 2. The van der Waals surface area contributed by atoms with E-state index >= 15 is 0 Å². The summed E-state index contributed by atoms with van der Waals surface area (Å²) in [5.41, 5.74) is 1.37. The third-order valence-corrected chi connectivity index (χ3v) is 4.87. The van der Waals surface area contributed by atoms with Crippen molar-refractivity contribution >= 4 is 11.7 Å². The highest BCUT2D eigenvalue weighted by Crippen LogP contribution is 2.32. The fraction of sp³-hybridized carbons (Fsp3) is 0.200. The Morgan fingerprint density at radius 2 is 2.04 bits per heavy atom. The molecule has 28 heavy (non-hydrogen) atoms. The molecule has 0 bridgehead atoms. The van der Waals surface area contributed by atoms with Crippen molar-refractivity contribution in [3.05, 3.63) is 65.5 Å². The molecule has 1 aliphatic heterocycles. The molecule has 140 valence electrons. The Balaban J connectivity index is 1.53. The summed E-state index contributed by atoms with van der Waals surface area (Å²) in [6.07, 6.45) is 3.92. The van der Waals surface area contributed by atoms with Gasteiger partial charge >= 0.3 is 0 Å². The Morgan fingerprint density at radius 3 is 2.75 bits per heavy atom. The monoisotopic (exact) mass is 379 g/mol. The first kappa shape index (κ1) is 17.8. The molecule has 1 aliphatic rings. The topological polar surface area (TPSA) is 85.7 Å². The first-order chi connectivity index (χ1) is 13.6. The number of nitrogens with zero attached hydrogens (tertiary/aromatic N) is 4. The van der Waals surface area contributed by atoms with Crippen LogP contribution in [0.3, 0.4) is 0 Å². The molecular formula is C20H15F2N5O. The maximum Gasteiger partial charge on any atom is 0.231 e. The highest BCUT2D eigenvalue weighted by atomic mass is 19.1. The van der Waals surface area contributed by atoms with E-state index in [-0.39, 0.29) is 23.0 Å². The minimum absolute atomic E-state index is 0.0367. The number of anilines is 1. The molecule has 0 unspecified atom stereocenters. The van der Waals surface area contributed by atoms with Gasteiger partial charge in [-0.2, -0.15) is 10.4 Å². The molecule has 0 saturated carbocycles. The maximum atomic E-state index is 14.8. The minimum Gasteiger partial charge on any atom is -0.293 e. The molecular weight excluding hydrogens is 364 g/mol. The van der Waals surface area contributed by atoms with Gasteiger partial charge in [0, 0.05) is 30.4 Å². The van der Waals surface area contributed by atoms with Gasteiger partial charge in [0.05, 0.1) is 5.56 Å². The summed E-state index contributed by atoms with van der Waals surface area (Å²) in [6, 6.07) is 9.36. The zero-order chi connectivity index (χ0) is 19.7. The molecule has 3 aromatic rings. The Morgan fingerprint density at radius 1 is 1.25 bits per heavy atom. The number of hydrogen-bond acceptors (Lipinski definition) is 4. The summed E-state index contributed by atoms with van der Waals surface area (Å²) in [7, 11) is 0. The molecule has 1 aromatic carbocycles. The molecule has 8 heteroatoms. The third kappa shape index (κ3) is 3.11. The Hall–Kier alpha value is -3.60. The van der Waals surface area contributed by atoms with E-state index in [0.717, 1.165) is 0 Å². The molecule has 0 aliphatic carbocycles. The Labute approximate surface area is 159 Å². The molecule has 1 atom stereocenters. The van der Waals surface area contributed by atoms with Crippen molar-refractivity contribution in [2.24, 2.45) is 5.92 Å².